The average Bonchev–Trinajstić information content (AvgIpc) is 2.61. The highest BCUT2D eigenvalue weighted by Crippen LogP contribution is 2.30. The van der Waals surface area contributed by atoms with E-state index in [0.29, 0.717) is 11.3 Å². The Morgan fingerprint density at radius 1 is 0.826 bits per heavy atom. The summed E-state index contributed by atoms with van der Waals surface area (Å²) in [6.07, 6.45) is 1.65. The fourth-order valence-electron chi connectivity index (χ4n) is 3.04. The first kappa shape index (κ1) is 13.6. The number of hydrogen-bond donors (Lipinski definition) is 0. The number of benzene rings is 3. The molecule has 0 aliphatic heterocycles. The second-order valence-electron chi connectivity index (χ2n) is 5.74. The minimum absolute atomic E-state index is 0.0368. The number of carbonyl (C=O) groups excluding carboxylic acids is 1. The van der Waals surface area contributed by atoms with Gasteiger partial charge in [-0.05, 0) is 46.7 Å². The Kier molecular flexibility index (Phi) is 3.16. The highest BCUT2D eigenvalue weighted by molar-refractivity contribution is 6.21. The summed E-state index contributed by atoms with van der Waals surface area (Å²) in [4.78, 5) is 17.1. The molecular formula is C21H15NO. The smallest absolute Gasteiger partial charge is 0.211 e. The lowest BCUT2D eigenvalue weighted by Crippen LogP contribution is -2.04. The SMILES string of the molecule is Cc1ccc2c(C(=O)c3ccccn3)cc3ccccc3c2c1. The maximum Gasteiger partial charge on any atom is 0.211 e. The van der Waals surface area contributed by atoms with Crippen molar-refractivity contribution >= 4 is 27.3 Å². The number of aromatic nitrogens is 1. The molecule has 110 valence electrons. The van der Waals surface area contributed by atoms with Crippen LogP contribution in [0.2, 0.25) is 0 Å². The van der Waals surface area contributed by atoms with E-state index >= 15 is 0 Å². The molecule has 0 amide bonds. The molecule has 3 aromatic carbocycles. The van der Waals surface area contributed by atoms with E-state index in [1.54, 1.807) is 12.3 Å². The molecule has 4 aromatic rings. The van der Waals surface area contributed by atoms with Gasteiger partial charge in [-0.2, -0.15) is 0 Å². The van der Waals surface area contributed by atoms with Crippen LogP contribution in [0.4, 0.5) is 0 Å². The summed E-state index contributed by atoms with van der Waals surface area (Å²) in [5, 5.41) is 4.33. The van der Waals surface area contributed by atoms with E-state index in [-0.39, 0.29) is 5.78 Å². The molecule has 1 heterocycles. The van der Waals surface area contributed by atoms with Crippen LogP contribution < -0.4 is 0 Å². The second-order valence-corrected chi connectivity index (χ2v) is 5.74. The van der Waals surface area contributed by atoms with Crippen LogP contribution >= 0.6 is 0 Å². The van der Waals surface area contributed by atoms with Gasteiger partial charge in [0.15, 0.2) is 0 Å². The normalized spacial score (nSPS) is 11.0. The van der Waals surface area contributed by atoms with Crippen molar-refractivity contribution in [1.29, 1.82) is 0 Å². The van der Waals surface area contributed by atoms with Crippen molar-refractivity contribution in [2.24, 2.45) is 0 Å². The Morgan fingerprint density at radius 3 is 2.48 bits per heavy atom. The minimum atomic E-state index is -0.0368. The molecule has 0 fully saturated rings. The molecule has 23 heavy (non-hydrogen) atoms. The second kappa shape index (κ2) is 5.33. The number of carbonyl (C=O) groups is 1. The van der Waals surface area contributed by atoms with Crippen molar-refractivity contribution in [3.05, 3.63) is 89.7 Å². The van der Waals surface area contributed by atoms with Gasteiger partial charge in [0.1, 0.15) is 5.69 Å². The summed E-state index contributed by atoms with van der Waals surface area (Å²) in [6, 6.07) is 21.8. The Bertz CT molecular complexity index is 1040. The largest absolute Gasteiger partial charge is 0.287 e. The third-order valence-corrected chi connectivity index (χ3v) is 4.16. The van der Waals surface area contributed by atoms with E-state index in [9.17, 15) is 4.79 Å². The van der Waals surface area contributed by atoms with Crippen LogP contribution in [0.1, 0.15) is 21.6 Å². The molecule has 1 aromatic heterocycles. The zero-order chi connectivity index (χ0) is 15.8. The van der Waals surface area contributed by atoms with Gasteiger partial charge in [-0.1, -0.05) is 54.1 Å². The zero-order valence-electron chi connectivity index (χ0n) is 12.8. The van der Waals surface area contributed by atoms with E-state index < -0.39 is 0 Å². The van der Waals surface area contributed by atoms with Crippen molar-refractivity contribution in [1.82, 2.24) is 4.98 Å². The van der Waals surface area contributed by atoms with Crippen molar-refractivity contribution in [2.45, 2.75) is 6.92 Å². The van der Waals surface area contributed by atoms with Gasteiger partial charge in [-0.25, -0.2) is 0 Å². The summed E-state index contributed by atoms with van der Waals surface area (Å²) in [7, 11) is 0. The first-order valence-corrected chi connectivity index (χ1v) is 7.62. The minimum Gasteiger partial charge on any atom is -0.287 e. The van der Waals surface area contributed by atoms with Crippen LogP contribution in [0.25, 0.3) is 21.5 Å². The third kappa shape index (κ3) is 2.29. The molecule has 2 nitrogen and oxygen atoms in total. The predicted octanol–water partition coefficient (Wildman–Crippen LogP) is 4.93. The van der Waals surface area contributed by atoms with Gasteiger partial charge in [0, 0.05) is 11.8 Å². The topological polar surface area (TPSA) is 30.0 Å². The molecule has 0 N–H and O–H groups in total. The Morgan fingerprint density at radius 2 is 1.65 bits per heavy atom. The first-order chi connectivity index (χ1) is 11.2. The highest BCUT2D eigenvalue weighted by Gasteiger charge is 2.15. The number of rotatable bonds is 2. The van der Waals surface area contributed by atoms with Crippen LogP contribution in [0.15, 0.2) is 72.9 Å². The van der Waals surface area contributed by atoms with Crippen LogP contribution in [0.3, 0.4) is 0 Å². The third-order valence-electron chi connectivity index (χ3n) is 4.16. The quantitative estimate of drug-likeness (QED) is 0.388. The fourth-order valence-corrected chi connectivity index (χ4v) is 3.04. The van der Waals surface area contributed by atoms with Crippen LogP contribution in [-0.2, 0) is 0 Å². The molecule has 0 saturated carbocycles. The number of ketones is 1. The van der Waals surface area contributed by atoms with Gasteiger partial charge >= 0.3 is 0 Å². The molecule has 0 spiro atoms. The maximum absolute atomic E-state index is 12.9. The molecular weight excluding hydrogens is 282 g/mol. The molecule has 0 radical (unpaired) electrons. The van der Waals surface area contributed by atoms with E-state index in [4.69, 9.17) is 0 Å². The maximum atomic E-state index is 12.9. The lowest BCUT2D eigenvalue weighted by molar-refractivity contribution is 0.103. The van der Waals surface area contributed by atoms with Crippen LogP contribution in [-0.4, -0.2) is 10.8 Å². The summed E-state index contributed by atoms with van der Waals surface area (Å²) >= 11 is 0. The summed E-state index contributed by atoms with van der Waals surface area (Å²) < 4.78 is 0. The van der Waals surface area contributed by atoms with E-state index in [0.717, 1.165) is 16.2 Å². The fraction of sp³-hybridized carbons (Fsp3) is 0.0476. The van der Waals surface area contributed by atoms with Gasteiger partial charge in [-0.3, -0.25) is 9.78 Å². The summed E-state index contributed by atoms with van der Waals surface area (Å²) in [5.74, 6) is -0.0368. The standard InChI is InChI=1S/C21H15NO/c1-14-9-10-17-18(12-14)16-7-3-2-6-15(16)13-19(17)21(23)20-8-4-5-11-22-20/h2-13H,1H3. The molecule has 0 atom stereocenters. The molecule has 0 aliphatic carbocycles. The molecule has 2 heteroatoms. The van der Waals surface area contributed by atoms with Crippen LogP contribution in [0.5, 0.6) is 0 Å². The van der Waals surface area contributed by atoms with Crippen molar-refractivity contribution in [2.75, 3.05) is 0 Å². The van der Waals surface area contributed by atoms with Gasteiger partial charge in [0.05, 0.1) is 0 Å². The number of aryl methyl sites for hydroxylation is 1. The predicted molar refractivity (Wildman–Crippen MR) is 93.9 cm³/mol. The lowest BCUT2D eigenvalue weighted by Gasteiger charge is -2.10. The Balaban J connectivity index is 2.07. The summed E-state index contributed by atoms with van der Waals surface area (Å²) in [6.45, 7) is 2.07. The van der Waals surface area contributed by atoms with Crippen molar-refractivity contribution in [3.63, 3.8) is 0 Å². The monoisotopic (exact) mass is 297 g/mol. The number of fused-ring (bicyclic) bond motifs is 3. The highest BCUT2D eigenvalue weighted by atomic mass is 16.1. The Labute approximate surface area is 134 Å². The first-order valence-electron chi connectivity index (χ1n) is 7.62. The van der Waals surface area contributed by atoms with Gasteiger partial charge in [0.25, 0.3) is 0 Å². The lowest BCUT2D eigenvalue weighted by atomic mass is 9.93. The molecule has 0 bridgehead atoms. The van der Waals surface area contributed by atoms with Gasteiger partial charge in [0.2, 0.25) is 5.78 Å². The Hall–Kier alpha value is -3.00. The zero-order valence-corrected chi connectivity index (χ0v) is 12.8. The van der Waals surface area contributed by atoms with E-state index in [2.05, 4.69) is 24.0 Å². The van der Waals surface area contributed by atoms with Gasteiger partial charge < -0.3 is 0 Å². The van der Waals surface area contributed by atoms with E-state index in [1.807, 2.05) is 48.5 Å². The molecule has 0 aliphatic rings. The van der Waals surface area contributed by atoms with Crippen molar-refractivity contribution < 1.29 is 4.79 Å². The van der Waals surface area contributed by atoms with Crippen molar-refractivity contribution in [3.8, 4) is 0 Å². The molecule has 0 saturated heterocycles. The number of pyridine rings is 1. The van der Waals surface area contributed by atoms with Gasteiger partial charge in [-0.15, -0.1) is 0 Å². The van der Waals surface area contributed by atoms with E-state index in [1.165, 1.54) is 10.9 Å². The molecule has 4 rings (SSSR count). The number of nitrogens with zero attached hydrogens (tertiary/aromatic N) is 1. The average molecular weight is 297 g/mol. The summed E-state index contributed by atoms with van der Waals surface area (Å²) in [5.41, 5.74) is 2.37. The number of hydrogen-bond acceptors (Lipinski definition) is 2. The van der Waals surface area contributed by atoms with Crippen LogP contribution in [0, 0.1) is 6.92 Å². The molecule has 0 unspecified atom stereocenters.